The summed E-state index contributed by atoms with van der Waals surface area (Å²) in [6.07, 6.45) is 5.54. The average molecular weight is 219 g/mol. The van der Waals surface area contributed by atoms with Crippen molar-refractivity contribution >= 4 is 17.3 Å². The Morgan fingerprint density at radius 1 is 1.50 bits per heavy atom. The van der Waals surface area contributed by atoms with Crippen LogP contribution in [0, 0.1) is 5.92 Å². The predicted octanol–water partition coefficient (Wildman–Crippen LogP) is -0.205. The van der Waals surface area contributed by atoms with Gasteiger partial charge in [-0.3, -0.25) is 0 Å². The number of hydrogen-bond donors (Lipinski definition) is 3. The number of nitrogens with one attached hydrogen (secondary N) is 1. The fraction of sp³-hybridized carbons (Fsp3) is 0.400. The number of anilines is 3. The van der Waals surface area contributed by atoms with E-state index >= 15 is 0 Å². The van der Waals surface area contributed by atoms with Crippen LogP contribution in [0.2, 0.25) is 0 Å². The van der Waals surface area contributed by atoms with E-state index in [-0.39, 0.29) is 18.6 Å². The van der Waals surface area contributed by atoms with Gasteiger partial charge in [-0.1, -0.05) is 12.2 Å². The summed E-state index contributed by atoms with van der Waals surface area (Å²) >= 11 is 0. The molecule has 3 rings (SSSR count). The molecule has 0 radical (unpaired) electrons. The number of rotatable bonds is 2. The van der Waals surface area contributed by atoms with Crippen molar-refractivity contribution in [2.75, 3.05) is 29.2 Å². The molecule has 1 aliphatic heterocycles. The number of aliphatic hydroxyl groups excluding tert-OH is 1. The molecule has 4 N–H and O–H groups in total. The van der Waals surface area contributed by atoms with Crippen LogP contribution >= 0.6 is 0 Å². The van der Waals surface area contributed by atoms with Crippen molar-refractivity contribution in [1.29, 1.82) is 0 Å². The first-order valence-electron chi connectivity index (χ1n) is 5.21. The molecular formula is C10H13N5O. The fourth-order valence-electron chi connectivity index (χ4n) is 2.13. The molecule has 6 heteroatoms. The average Bonchev–Trinajstić information content (AvgIpc) is 2.63. The first-order chi connectivity index (χ1) is 7.81. The van der Waals surface area contributed by atoms with Gasteiger partial charge in [0, 0.05) is 5.92 Å². The van der Waals surface area contributed by atoms with Crippen LogP contribution < -0.4 is 16.0 Å². The molecule has 1 aromatic rings. The number of nitrogens with two attached hydrogens (primary N) is 1. The molecule has 16 heavy (non-hydrogen) atoms. The molecule has 1 aromatic heterocycles. The molecule has 0 spiro atoms. The second kappa shape index (κ2) is 3.34. The van der Waals surface area contributed by atoms with Crippen LogP contribution in [0.4, 0.5) is 17.3 Å². The largest absolute Gasteiger partial charge is 0.396 e. The first kappa shape index (κ1) is 9.41. The van der Waals surface area contributed by atoms with Gasteiger partial charge in [0.1, 0.15) is 12.0 Å². The van der Waals surface area contributed by atoms with Gasteiger partial charge in [-0.2, -0.15) is 0 Å². The molecular weight excluding hydrogens is 206 g/mol. The third-order valence-corrected chi connectivity index (χ3v) is 3.12. The van der Waals surface area contributed by atoms with E-state index in [2.05, 4.69) is 26.3 Å². The Morgan fingerprint density at radius 2 is 2.38 bits per heavy atom. The number of nitrogen functional groups attached to an aromatic ring is 1. The molecule has 2 heterocycles. The summed E-state index contributed by atoms with van der Waals surface area (Å²) in [6.45, 7) is 0.817. The molecule has 0 saturated heterocycles. The van der Waals surface area contributed by atoms with Gasteiger partial charge in [0.25, 0.3) is 0 Å². The summed E-state index contributed by atoms with van der Waals surface area (Å²) in [4.78, 5) is 10.3. The number of aromatic nitrogens is 2. The maximum atomic E-state index is 9.16. The minimum atomic E-state index is 0.160. The Balaban J connectivity index is 1.92. The zero-order chi connectivity index (χ0) is 11.1. The number of nitrogens with zero attached hydrogens (tertiary/aromatic N) is 3. The number of fused-ring (bicyclic) bond motifs is 1. The van der Waals surface area contributed by atoms with Gasteiger partial charge in [0.05, 0.1) is 19.3 Å². The number of hydrogen-bond acceptors (Lipinski definition) is 6. The van der Waals surface area contributed by atoms with Crippen molar-refractivity contribution < 1.29 is 5.11 Å². The van der Waals surface area contributed by atoms with Crippen LogP contribution in [0.3, 0.4) is 0 Å². The summed E-state index contributed by atoms with van der Waals surface area (Å²) in [5, 5.41) is 12.3. The lowest BCUT2D eigenvalue weighted by molar-refractivity contribution is 0.230. The van der Waals surface area contributed by atoms with E-state index in [1.807, 2.05) is 6.08 Å². The third-order valence-electron chi connectivity index (χ3n) is 3.12. The molecule has 84 valence electrons. The van der Waals surface area contributed by atoms with Gasteiger partial charge < -0.3 is 21.1 Å². The standard InChI is InChI=1S/C10H13N5O/c11-9-8-10(13-4-12-9)15(5-14-8)7-2-1-6(7)3-16/h1-2,4,6-7,14,16H,3,5H2,(H2,11,12,13)/t6-,7-/m0/s1. The van der Waals surface area contributed by atoms with Crippen molar-refractivity contribution in [3.63, 3.8) is 0 Å². The predicted molar refractivity (Wildman–Crippen MR) is 60.9 cm³/mol. The van der Waals surface area contributed by atoms with Crippen molar-refractivity contribution in [3.8, 4) is 0 Å². The van der Waals surface area contributed by atoms with Gasteiger partial charge in [0.2, 0.25) is 0 Å². The fourth-order valence-corrected chi connectivity index (χ4v) is 2.13. The van der Waals surface area contributed by atoms with Gasteiger partial charge in [-0.05, 0) is 0 Å². The van der Waals surface area contributed by atoms with Crippen molar-refractivity contribution in [2.24, 2.45) is 5.92 Å². The topological polar surface area (TPSA) is 87.3 Å². The van der Waals surface area contributed by atoms with E-state index in [0.29, 0.717) is 12.5 Å². The molecule has 6 nitrogen and oxygen atoms in total. The highest BCUT2D eigenvalue weighted by Gasteiger charge is 2.34. The zero-order valence-electron chi connectivity index (χ0n) is 8.67. The summed E-state index contributed by atoms with van der Waals surface area (Å²) in [7, 11) is 0. The van der Waals surface area contributed by atoms with Crippen molar-refractivity contribution in [3.05, 3.63) is 18.5 Å². The molecule has 2 atom stereocenters. The summed E-state index contributed by atoms with van der Waals surface area (Å²) < 4.78 is 0. The van der Waals surface area contributed by atoms with E-state index in [0.717, 1.165) is 11.5 Å². The van der Waals surface area contributed by atoms with Gasteiger partial charge in [-0.15, -0.1) is 0 Å². The van der Waals surface area contributed by atoms with Gasteiger partial charge in [-0.25, -0.2) is 9.97 Å². The second-order valence-corrected chi connectivity index (χ2v) is 3.98. The van der Waals surface area contributed by atoms with Crippen LogP contribution in [0.25, 0.3) is 0 Å². The summed E-state index contributed by atoms with van der Waals surface area (Å²) in [5.41, 5.74) is 6.54. The van der Waals surface area contributed by atoms with Crippen molar-refractivity contribution in [1.82, 2.24) is 9.97 Å². The normalized spacial score (nSPS) is 26.2. The Kier molecular flexibility index (Phi) is 1.97. The highest BCUT2D eigenvalue weighted by atomic mass is 16.3. The molecule has 0 amide bonds. The molecule has 0 bridgehead atoms. The van der Waals surface area contributed by atoms with Crippen molar-refractivity contribution in [2.45, 2.75) is 6.04 Å². The van der Waals surface area contributed by atoms with E-state index in [4.69, 9.17) is 10.8 Å². The lowest BCUT2D eigenvalue weighted by atomic mass is 9.88. The minimum absolute atomic E-state index is 0.160. The van der Waals surface area contributed by atoms with Crippen LogP contribution in [0.1, 0.15) is 0 Å². The first-order valence-corrected chi connectivity index (χ1v) is 5.21. The van der Waals surface area contributed by atoms with Crippen LogP contribution in [0.15, 0.2) is 18.5 Å². The Bertz CT molecular complexity index is 447. The zero-order valence-corrected chi connectivity index (χ0v) is 8.67. The second-order valence-electron chi connectivity index (χ2n) is 3.98. The molecule has 0 aromatic carbocycles. The minimum Gasteiger partial charge on any atom is -0.396 e. The van der Waals surface area contributed by atoms with E-state index in [9.17, 15) is 0 Å². The summed E-state index contributed by atoms with van der Waals surface area (Å²) in [6, 6.07) is 0.202. The van der Waals surface area contributed by atoms with Gasteiger partial charge >= 0.3 is 0 Å². The van der Waals surface area contributed by atoms with Gasteiger partial charge in [0.15, 0.2) is 11.6 Å². The molecule has 1 aliphatic carbocycles. The summed E-state index contributed by atoms with van der Waals surface area (Å²) in [5.74, 6) is 1.47. The highest BCUT2D eigenvalue weighted by Crippen LogP contribution is 2.37. The maximum Gasteiger partial charge on any atom is 0.159 e. The Hall–Kier alpha value is -1.82. The SMILES string of the molecule is Nc1ncnc2c1NCN2[C@H]1C=C[C@H]1CO. The van der Waals surface area contributed by atoms with E-state index in [1.54, 1.807) is 0 Å². The maximum absolute atomic E-state index is 9.16. The highest BCUT2D eigenvalue weighted by molar-refractivity contribution is 5.80. The molecule has 0 saturated carbocycles. The smallest absolute Gasteiger partial charge is 0.159 e. The van der Waals surface area contributed by atoms with Crippen LogP contribution in [-0.4, -0.2) is 34.4 Å². The van der Waals surface area contributed by atoms with E-state index in [1.165, 1.54) is 6.33 Å². The lowest BCUT2D eigenvalue weighted by Gasteiger charge is -2.36. The monoisotopic (exact) mass is 219 g/mol. The molecule has 0 unspecified atom stereocenters. The third kappa shape index (κ3) is 1.16. The molecule has 2 aliphatic rings. The van der Waals surface area contributed by atoms with Crippen LogP contribution in [0.5, 0.6) is 0 Å². The van der Waals surface area contributed by atoms with E-state index < -0.39 is 0 Å². The number of aliphatic hydroxyl groups is 1. The Labute approximate surface area is 92.8 Å². The lowest BCUT2D eigenvalue weighted by Crippen LogP contribution is -2.44. The van der Waals surface area contributed by atoms with Crippen LogP contribution in [-0.2, 0) is 0 Å². The quantitative estimate of drug-likeness (QED) is 0.597. The molecule has 0 fully saturated rings. The Morgan fingerprint density at radius 3 is 3.06 bits per heavy atom.